The summed E-state index contributed by atoms with van der Waals surface area (Å²) in [6, 6.07) is 2.18. The van der Waals surface area contributed by atoms with Crippen LogP contribution in [0.2, 0.25) is 0 Å². The number of H-pyrrole nitrogens is 1. The van der Waals surface area contributed by atoms with Crippen LogP contribution in [0.4, 0.5) is 5.00 Å². The summed E-state index contributed by atoms with van der Waals surface area (Å²) in [6.07, 6.45) is 2.82. The van der Waals surface area contributed by atoms with Gasteiger partial charge < -0.3 is 5.32 Å². The first-order valence-electron chi connectivity index (χ1n) is 6.94. The number of fused-ring (bicyclic) bond motifs is 1. The number of aromatic nitrogens is 2. The van der Waals surface area contributed by atoms with Crippen molar-refractivity contribution >= 4 is 22.2 Å². The molecule has 0 radical (unpaired) electrons. The van der Waals surface area contributed by atoms with Gasteiger partial charge in [-0.05, 0) is 36.0 Å². The summed E-state index contributed by atoms with van der Waals surface area (Å²) in [7, 11) is 1.51. The molecule has 1 atom stereocenters. The third-order valence-corrected chi connectivity index (χ3v) is 5.04. The molecule has 0 bridgehead atoms. The molecule has 0 saturated heterocycles. The fourth-order valence-electron chi connectivity index (χ4n) is 2.71. The van der Waals surface area contributed by atoms with Gasteiger partial charge in [-0.2, -0.15) is 5.26 Å². The zero-order chi connectivity index (χ0) is 15.9. The molecule has 7 nitrogen and oxygen atoms in total. The van der Waals surface area contributed by atoms with Crippen LogP contribution < -0.4 is 15.6 Å². The van der Waals surface area contributed by atoms with E-state index in [0.29, 0.717) is 16.5 Å². The Morgan fingerprint density at radius 2 is 2.36 bits per heavy atom. The van der Waals surface area contributed by atoms with Gasteiger partial charge in [-0.15, -0.1) is 11.3 Å². The topological polar surface area (TPSA) is 103 Å². The first-order chi connectivity index (χ1) is 10.5. The Morgan fingerprint density at radius 1 is 1.59 bits per heavy atom. The molecule has 0 aliphatic heterocycles. The van der Waals surface area contributed by atoms with Crippen molar-refractivity contribution in [1.82, 2.24) is 5.27 Å². The van der Waals surface area contributed by atoms with E-state index < -0.39 is 11.5 Å². The number of nitrogens with zero attached hydrogens (tertiary/aromatic N) is 2. The number of carbonyl (C=O) groups is 1. The van der Waals surface area contributed by atoms with Crippen LogP contribution in [0.1, 0.15) is 39.8 Å². The lowest BCUT2D eigenvalue weighted by Gasteiger charge is -2.17. The maximum absolute atomic E-state index is 12.2. The summed E-state index contributed by atoms with van der Waals surface area (Å²) in [5.74, 6) is -0.00333. The molecule has 2 aromatic heterocycles. The molecule has 0 aromatic carbocycles. The second-order valence-electron chi connectivity index (χ2n) is 5.51. The Balaban J connectivity index is 1.95. The van der Waals surface area contributed by atoms with Gasteiger partial charge in [0, 0.05) is 4.88 Å². The Bertz CT molecular complexity index is 839. The van der Waals surface area contributed by atoms with Crippen LogP contribution in [0.15, 0.2) is 9.32 Å². The fourth-order valence-corrected chi connectivity index (χ4v) is 4.06. The largest absolute Gasteiger partial charge is 0.440 e. The number of aryl methyl sites for hydroxylation is 1. The van der Waals surface area contributed by atoms with Gasteiger partial charge in [0.15, 0.2) is 7.05 Å². The van der Waals surface area contributed by atoms with E-state index in [-0.39, 0.29) is 5.69 Å². The molecule has 1 unspecified atom stereocenters. The highest BCUT2D eigenvalue weighted by molar-refractivity contribution is 7.16. The minimum atomic E-state index is -0.742. The van der Waals surface area contributed by atoms with Crippen LogP contribution in [0.5, 0.6) is 0 Å². The van der Waals surface area contributed by atoms with E-state index in [2.05, 4.69) is 28.1 Å². The lowest BCUT2D eigenvalue weighted by atomic mass is 9.89. The lowest BCUT2D eigenvalue weighted by Crippen LogP contribution is -2.41. The number of anilines is 1. The van der Waals surface area contributed by atoms with E-state index in [1.54, 1.807) is 0 Å². The molecule has 2 heterocycles. The summed E-state index contributed by atoms with van der Waals surface area (Å²) >= 11 is 1.42. The van der Waals surface area contributed by atoms with Gasteiger partial charge in [0.2, 0.25) is 0 Å². The minimum Gasteiger partial charge on any atom is -0.307 e. The number of amides is 1. The van der Waals surface area contributed by atoms with Gasteiger partial charge in [-0.25, -0.2) is 4.79 Å². The Kier molecular flexibility index (Phi) is 3.58. The molecule has 22 heavy (non-hydrogen) atoms. The first-order valence-corrected chi connectivity index (χ1v) is 7.76. The molecule has 0 spiro atoms. The third kappa shape index (κ3) is 2.33. The number of hydrogen-bond acceptors (Lipinski definition) is 5. The monoisotopic (exact) mass is 319 g/mol. The van der Waals surface area contributed by atoms with Crippen molar-refractivity contribution in [3.8, 4) is 6.07 Å². The third-order valence-electron chi connectivity index (χ3n) is 3.87. The molecule has 2 N–H and O–H groups in total. The van der Waals surface area contributed by atoms with E-state index in [1.165, 1.54) is 23.1 Å². The summed E-state index contributed by atoms with van der Waals surface area (Å²) in [4.78, 5) is 24.9. The van der Waals surface area contributed by atoms with Crippen LogP contribution in [-0.2, 0) is 19.9 Å². The Labute approximate surface area is 130 Å². The molecule has 2 aromatic rings. The molecular weight excluding hydrogens is 304 g/mol. The second kappa shape index (κ2) is 5.42. The van der Waals surface area contributed by atoms with Crippen molar-refractivity contribution in [1.29, 1.82) is 5.26 Å². The molecule has 1 aliphatic carbocycles. The van der Waals surface area contributed by atoms with E-state index in [9.17, 15) is 14.9 Å². The standard InChI is InChI=1S/C14H14N4O3S/c1-7-3-4-8-9(6-15)13(22-10(8)5-7)16-12(19)11-14(20)21-17-18(11)2/h7H,3-5H2,1-2H3,(H-,16,17,19,20)/p+1. The molecule has 1 amide bonds. The van der Waals surface area contributed by atoms with Crippen molar-refractivity contribution in [2.45, 2.75) is 26.2 Å². The molecule has 0 fully saturated rings. The van der Waals surface area contributed by atoms with Gasteiger partial charge in [-0.3, -0.25) is 9.32 Å². The highest BCUT2D eigenvalue weighted by Crippen LogP contribution is 2.39. The second-order valence-corrected chi connectivity index (χ2v) is 6.62. The van der Waals surface area contributed by atoms with Crippen LogP contribution >= 0.6 is 11.3 Å². The number of carbonyl (C=O) groups excluding carboxylic acids is 1. The zero-order valence-corrected chi connectivity index (χ0v) is 13.0. The Morgan fingerprint density at radius 3 is 3.00 bits per heavy atom. The normalized spacial score (nSPS) is 16.9. The van der Waals surface area contributed by atoms with E-state index in [1.807, 2.05) is 0 Å². The number of rotatable bonds is 2. The van der Waals surface area contributed by atoms with Crippen LogP contribution in [-0.4, -0.2) is 11.2 Å². The lowest BCUT2D eigenvalue weighted by molar-refractivity contribution is -0.741. The maximum atomic E-state index is 12.2. The average Bonchev–Trinajstić information content (AvgIpc) is 2.97. The zero-order valence-electron chi connectivity index (χ0n) is 12.2. The smallest absolute Gasteiger partial charge is 0.307 e. The summed E-state index contributed by atoms with van der Waals surface area (Å²) < 4.78 is 5.77. The molecule has 114 valence electrons. The highest BCUT2D eigenvalue weighted by Gasteiger charge is 2.30. The summed E-state index contributed by atoms with van der Waals surface area (Å²) in [6.45, 7) is 2.18. The molecule has 0 saturated carbocycles. The van der Waals surface area contributed by atoms with Gasteiger partial charge in [0.05, 0.1) is 5.56 Å². The quantitative estimate of drug-likeness (QED) is 0.809. The van der Waals surface area contributed by atoms with Crippen molar-refractivity contribution in [2.24, 2.45) is 13.0 Å². The number of nitrogens with one attached hydrogen (secondary N) is 2. The maximum Gasteiger partial charge on any atom is 0.440 e. The predicted octanol–water partition coefficient (Wildman–Crippen LogP) is 1.10. The molecule has 3 rings (SSSR count). The number of nitriles is 1. The average molecular weight is 319 g/mol. The minimum absolute atomic E-state index is 0.136. The molecule has 1 aliphatic rings. The van der Waals surface area contributed by atoms with Crippen molar-refractivity contribution in [3.63, 3.8) is 0 Å². The van der Waals surface area contributed by atoms with E-state index >= 15 is 0 Å². The summed E-state index contributed by atoms with van der Waals surface area (Å²) in [5, 5.41) is 14.9. The molecular formula is C14H15N4O3S+. The van der Waals surface area contributed by atoms with E-state index in [4.69, 9.17) is 0 Å². The van der Waals surface area contributed by atoms with Crippen molar-refractivity contribution in [2.75, 3.05) is 5.32 Å². The Hall–Kier alpha value is -2.40. The molecule has 8 heteroatoms. The van der Waals surface area contributed by atoms with Crippen molar-refractivity contribution < 1.29 is 14.0 Å². The predicted molar refractivity (Wildman–Crippen MR) is 78.7 cm³/mol. The first kappa shape index (κ1) is 14.5. The van der Waals surface area contributed by atoms with Gasteiger partial charge in [0.25, 0.3) is 0 Å². The van der Waals surface area contributed by atoms with Gasteiger partial charge in [0.1, 0.15) is 11.1 Å². The van der Waals surface area contributed by atoms with Gasteiger partial charge in [-0.1, -0.05) is 11.6 Å². The van der Waals surface area contributed by atoms with Crippen LogP contribution in [0, 0.1) is 17.2 Å². The van der Waals surface area contributed by atoms with E-state index in [0.717, 1.165) is 29.7 Å². The van der Waals surface area contributed by atoms with Crippen LogP contribution in [0.3, 0.4) is 0 Å². The van der Waals surface area contributed by atoms with Crippen molar-refractivity contribution in [3.05, 3.63) is 32.1 Å². The number of hydrogen-bond donors (Lipinski definition) is 2. The van der Waals surface area contributed by atoms with Crippen LogP contribution in [0.25, 0.3) is 0 Å². The highest BCUT2D eigenvalue weighted by atomic mass is 32.1. The van der Waals surface area contributed by atoms with Gasteiger partial charge >= 0.3 is 17.2 Å². The number of aromatic amines is 1. The summed E-state index contributed by atoms with van der Waals surface area (Å²) in [5.41, 5.74) is 0.672. The SMILES string of the molecule is CC1CCc2c(sc(NC(=O)c3c(=O)o[nH][n+]3C)c2C#N)C1. The number of thiophene rings is 1. The fraction of sp³-hybridized carbons (Fsp3) is 0.429.